The molecule has 25 heavy (non-hydrogen) atoms. The smallest absolute Gasteiger partial charge is 0.404 e. The molecule has 0 radical (unpaired) electrons. The molecule has 0 fully saturated rings. The highest BCUT2D eigenvalue weighted by molar-refractivity contribution is 5.90. The van der Waals surface area contributed by atoms with Gasteiger partial charge in [-0.1, -0.05) is 24.3 Å². The molecule has 0 aliphatic heterocycles. The van der Waals surface area contributed by atoms with Crippen molar-refractivity contribution in [1.29, 1.82) is 0 Å². The summed E-state index contributed by atoms with van der Waals surface area (Å²) in [6.45, 7) is 0.238. The van der Waals surface area contributed by atoms with Gasteiger partial charge in [-0.15, -0.1) is 13.2 Å². The van der Waals surface area contributed by atoms with Crippen molar-refractivity contribution in [3.63, 3.8) is 0 Å². The molecule has 2 rings (SSSR count). The topological polar surface area (TPSA) is 53.6 Å². The average molecular weight is 353 g/mol. The van der Waals surface area contributed by atoms with Crippen molar-refractivity contribution in [1.82, 2.24) is 5.32 Å². The number of nitrogens with one attached hydrogen (secondary N) is 2. The summed E-state index contributed by atoms with van der Waals surface area (Å²) in [7, 11) is 3.84. The summed E-state index contributed by atoms with van der Waals surface area (Å²) in [5.41, 5.74) is 1.81. The minimum Gasteiger partial charge on any atom is -0.404 e. The molecular formula is C17H18F3N3O2. The van der Waals surface area contributed by atoms with Crippen LogP contribution in [-0.4, -0.2) is 26.5 Å². The van der Waals surface area contributed by atoms with E-state index in [4.69, 9.17) is 0 Å². The Morgan fingerprint density at radius 2 is 1.72 bits per heavy atom. The lowest BCUT2D eigenvalue weighted by Crippen LogP contribution is -2.28. The highest BCUT2D eigenvalue weighted by Gasteiger charge is 2.32. The number of carbonyl (C=O) groups is 1. The number of benzene rings is 2. The lowest BCUT2D eigenvalue weighted by Gasteiger charge is -2.15. The van der Waals surface area contributed by atoms with E-state index in [9.17, 15) is 18.0 Å². The highest BCUT2D eigenvalue weighted by Crippen LogP contribution is 2.29. The Kier molecular flexibility index (Phi) is 5.74. The molecule has 0 atom stereocenters. The summed E-state index contributed by atoms with van der Waals surface area (Å²) < 4.78 is 41.0. The zero-order valence-corrected chi connectivity index (χ0v) is 13.7. The molecule has 0 aliphatic rings. The minimum atomic E-state index is -4.83. The highest BCUT2D eigenvalue weighted by atomic mass is 19.4. The molecule has 0 saturated heterocycles. The van der Waals surface area contributed by atoms with E-state index in [1.165, 1.54) is 18.2 Å². The van der Waals surface area contributed by atoms with E-state index < -0.39 is 18.1 Å². The van der Waals surface area contributed by atoms with Crippen molar-refractivity contribution in [2.75, 3.05) is 24.3 Å². The van der Waals surface area contributed by atoms with Gasteiger partial charge in [0.2, 0.25) is 0 Å². The Morgan fingerprint density at radius 1 is 1.08 bits per heavy atom. The summed E-state index contributed by atoms with van der Waals surface area (Å²) in [5.74, 6) is -0.472. The first-order valence-electron chi connectivity index (χ1n) is 7.40. The molecular weight excluding hydrogens is 335 g/mol. The van der Waals surface area contributed by atoms with Crippen molar-refractivity contribution < 1.29 is 22.7 Å². The fraction of sp³-hybridized carbons (Fsp3) is 0.235. The number of anilines is 2. The standard InChI is InChI=1S/C17H18F3N3O2/c1-23(2)13-9-7-12(8-10-13)11-21-16(24)22-14-5-3-4-6-15(14)25-17(18,19)20/h3-10H,11H2,1-2H3,(H2,21,22,24). The first-order valence-corrected chi connectivity index (χ1v) is 7.40. The van der Waals surface area contributed by atoms with Gasteiger partial charge in [0, 0.05) is 26.3 Å². The number of amides is 2. The molecule has 0 aliphatic carbocycles. The zero-order chi connectivity index (χ0) is 18.4. The molecule has 0 aromatic heterocycles. The fourth-order valence-corrected chi connectivity index (χ4v) is 2.04. The van der Waals surface area contributed by atoms with E-state index in [0.29, 0.717) is 0 Å². The van der Waals surface area contributed by atoms with Crippen LogP contribution < -0.4 is 20.3 Å². The Labute approximate surface area is 143 Å². The fourth-order valence-electron chi connectivity index (χ4n) is 2.04. The van der Waals surface area contributed by atoms with Crippen LogP contribution in [0.3, 0.4) is 0 Å². The molecule has 0 spiro atoms. The van der Waals surface area contributed by atoms with Gasteiger partial charge < -0.3 is 20.3 Å². The van der Waals surface area contributed by atoms with Crippen molar-refractivity contribution in [2.24, 2.45) is 0 Å². The lowest BCUT2D eigenvalue weighted by molar-refractivity contribution is -0.274. The number of halogens is 3. The third-order valence-corrected chi connectivity index (χ3v) is 3.27. The summed E-state index contributed by atoms with van der Waals surface area (Å²) in [5, 5.41) is 4.94. The number of para-hydroxylation sites is 2. The number of hydrogen-bond acceptors (Lipinski definition) is 3. The quantitative estimate of drug-likeness (QED) is 0.855. The van der Waals surface area contributed by atoms with Crippen LogP contribution >= 0.6 is 0 Å². The predicted molar refractivity (Wildman–Crippen MR) is 89.8 cm³/mol. The Hall–Kier alpha value is -2.90. The van der Waals surface area contributed by atoms with Crippen molar-refractivity contribution >= 4 is 17.4 Å². The van der Waals surface area contributed by atoms with Gasteiger partial charge in [0.25, 0.3) is 0 Å². The van der Waals surface area contributed by atoms with Crippen LogP contribution in [0.2, 0.25) is 0 Å². The largest absolute Gasteiger partial charge is 0.573 e. The number of carbonyl (C=O) groups excluding carboxylic acids is 1. The van der Waals surface area contributed by atoms with Gasteiger partial charge in [-0.3, -0.25) is 0 Å². The molecule has 0 bridgehead atoms. The summed E-state index contributed by atoms with van der Waals surface area (Å²) in [6.07, 6.45) is -4.83. The Balaban J connectivity index is 1.94. The zero-order valence-electron chi connectivity index (χ0n) is 13.7. The molecule has 0 saturated carbocycles. The summed E-state index contributed by atoms with van der Waals surface area (Å²) in [4.78, 5) is 13.9. The van der Waals surface area contributed by atoms with Gasteiger partial charge in [0.05, 0.1) is 5.69 Å². The summed E-state index contributed by atoms with van der Waals surface area (Å²) in [6, 6.07) is 12.2. The van der Waals surface area contributed by atoms with E-state index >= 15 is 0 Å². The second-order valence-corrected chi connectivity index (χ2v) is 5.41. The van der Waals surface area contributed by atoms with Crippen molar-refractivity contribution in [3.8, 4) is 5.75 Å². The van der Waals surface area contributed by atoms with Gasteiger partial charge in [-0.2, -0.15) is 0 Å². The van der Waals surface area contributed by atoms with Gasteiger partial charge in [0.1, 0.15) is 0 Å². The molecule has 2 amide bonds. The number of ether oxygens (including phenoxy) is 1. The maximum atomic E-state index is 12.4. The second-order valence-electron chi connectivity index (χ2n) is 5.41. The number of alkyl halides is 3. The van der Waals surface area contributed by atoms with Gasteiger partial charge in [-0.05, 0) is 29.8 Å². The molecule has 0 heterocycles. The summed E-state index contributed by atoms with van der Waals surface area (Å²) >= 11 is 0. The number of hydrogen-bond donors (Lipinski definition) is 2. The van der Waals surface area contributed by atoms with Crippen molar-refractivity contribution in [2.45, 2.75) is 12.9 Å². The van der Waals surface area contributed by atoms with Crippen LogP contribution in [-0.2, 0) is 6.54 Å². The second kappa shape index (κ2) is 7.78. The SMILES string of the molecule is CN(C)c1ccc(CNC(=O)Nc2ccccc2OC(F)(F)F)cc1. The lowest BCUT2D eigenvalue weighted by atomic mass is 10.2. The molecule has 134 valence electrons. The van der Waals surface area contributed by atoms with Crippen LogP contribution in [0.1, 0.15) is 5.56 Å². The monoisotopic (exact) mass is 353 g/mol. The van der Waals surface area contributed by atoms with Crippen LogP contribution in [0.4, 0.5) is 29.3 Å². The predicted octanol–water partition coefficient (Wildman–Crippen LogP) is 3.97. The molecule has 2 aromatic rings. The van der Waals surface area contributed by atoms with E-state index in [1.807, 2.05) is 43.3 Å². The maximum absolute atomic E-state index is 12.4. The van der Waals surface area contributed by atoms with E-state index in [1.54, 1.807) is 0 Å². The van der Waals surface area contributed by atoms with Gasteiger partial charge in [0.15, 0.2) is 5.75 Å². The third kappa shape index (κ3) is 5.91. The minimum absolute atomic E-state index is 0.0692. The average Bonchev–Trinajstić information content (AvgIpc) is 2.54. The van der Waals surface area contributed by atoms with Crippen LogP contribution in [0.25, 0.3) is 0 Å². The van der Waals surface area contributed by atoms with E-state index in [-0.39, 0.29) is 12.2 Å². The Morgan fingerprint density at radius 3 is 2.32 bits per heavy atom. The van der Waals surface area contributed by atoms with Crippen LogP contribution in [0.5, 0.6) is 5.75 Å². The molecule has 8 heteroatoms. The van der Waals surface area contributed by atoms with E-state index in [2.05, 4.69) is 15.4 Å². The first kappa shape index (κ1) is 18.4. The number of nitrogens with zero attached hydrogens (tertiary/aromatic N) is 1. The maximum Gasteiger partial charge on any atom is 0.573 e. The number of urea groups is 1. The van der Waals surface area contributed by atoms with Gasteiger partial charge in [-0.25, -0.2) is 4.79 Å². The molecule has 2 N–H and O–H groups in total. The van der Waals surface area contributed by atoms with Gasteiger partial charge >= 0.3 is 12.4 Å². The van der Waals surface area contributed by atoms with Crippen LogP contribution in [0.15, 0.2) is 48.5 Å². The Bertz CT molecular complexity index is 716. The number of rotatable bonds is 5. The molecule has 5 nitrogen and oxygen atoms in total. The normalized spacial score (nSPS) is 10.9. The van der Waals surface area contributed by atoms with Crippen molar-refractivity contribution in [3.05, 3.63) is 54.1 Å². The first-order chi connectivity index (χ1) is 11.7. The molecule has 2 aromatic carbocycles. The molecule has 0 unspecified atom stereocenters. The van der Waals surface area contributed by atoms with Crippen LogP contribution in [0, 0.1) is 0 Å². The third-order valence-electron chi connectivity index (χ3n) is 3.27. The van der Waals surface area contributed by atoms with E-state index in [0.717, 1.165) is 17.3 Å².